The SMILES string of the molecule is Cc1cc(=O)c(O)c(CN(C)C2CCCCC2)n1C(C)(C)C. The van der Waals surface area contributed by atoms with Crippen molar-refractivity contribution in [2.45, 2.75) is 77.9 Å². The molecule has 0 amide bonds. The van der Waals surface area contributed by atoms with Gasteiger partial charge in [0.05, 0.1) is 5.69 Å². The third-order valence-electron chi connectivity index (χ3n) is 4.74. The Hall–Kier alpha value is -1.29. The van der Waals surface area contributed by atoms with Gasteiger partial charge >= 0.3 is 0 Å². The van der Waals surface area contributed by atoms with Crippen LogP contribution < -0.4 is 5.43 Å². The highest BCUT2D eigenvalue weighted by molar-refractivity contribution is 5.31. The monoisotopic (exact) mass is 306 g/mol. The van der Waals surface area contributed by atoms with Crippen LogP contribution in [0.2, 0.25) is 0 Å². The van der Waals surface area contributed by atoms with Crippen LogP contribution in [0.3, 0.4) is 0 Å². The summed E-state index contributed by atoms with van der Waals surface area (Å²) in [6.45, 7) is 8.87. The normalized spacial score (nSPS) is 17.2. The molecule has 1 aromatic rings. The summed E-state index contributed by atoms with van der Waals surface area (Å²) < 4.78 is 2.10. The van der Waals surface area contributed by atoms with Gasteiger partial charge in [0.15, 0.2) is 5.75 Å². The second kappa shape index (κ2) is 6.45. The molecule has 1 N–H and O–H groups in total. The number of nitrogens with zero attached hydrogens (tertiary/aromatic N) is 2. The molecule has 0 bridgehead atoms. The molecule has 0 aromatic carbocycles. The minimum absolute atomic E-state index is 0.0943. The molecule has 1 aliphatic rings. The van der Waals surface area contributed by atoms with Crippen LogP contribution in [0, 0.1) is 6.92 Å². The molecule has 0 atom stereocenters. The molecule has 0 saturated heterocycles. The topological polar surface area (TPSA) is 45.5 Å². The van der Waals surface area contributed by atoms with Crippen molar-refractivity contribution in [2.75, 3.05) is 7.05 Å². The average molecular weight is 306 g/mol. The number of aryl methyl sites for hydroxylation is 1. The third kappa shape index (κ3) is 3.54. The first-order valence-electron chi connectivity index (χ1n) is 8.37. The van der Waals surface area contributed by atoms with E-state index in [0.29, 0.717) is 12.6 Å². The van der Waals surface area contributed by atoms with Gasteiger partial charge in [0.1, 0.15) is 0 Å². The lowest BCUT2D eigenvalue weighted by molar-refractivity contribution is 0.174. The molecule has 1 saturated carbocycles. The molecule has 1 fully saturated rings. The fourth-order valence-electron chi connectivity index (χ4n) is 3.75. The Morgan fingerprint density at radius 2 is 1.86 bits per heavy atom. The van der Waals surface area contributed by atoms with E-state index in [4.69, 9.17) is 0 Å². The number of hydrogen-bond donors (Lipinski definition) is 1. The van der Waals surface area contributed by atoms with Gasteiger partial charge in [-0.15, -0.1) is 0 Å². The Bertz CT molecular complexity index is 578. The van der Waals surface area contributed by atoms with E-state index < -0.39 is 0 Å². The van der Waals surface area contributed by atoms with E-state index >= 15 is 0 Å². The predicted molar refractivity (Wildman–Crippen MR) is 90.4 cm³/mol. The lowest BCUT2D eigenvalue weighted by Gasteiger charge is -2.35. The van der Waals surface area contributed by atoms with Crippen LogP contribution in [0.5, 0.6) is 5.75 Å². The second-order valence-electron chi connectivity index (χ2n) is 7.66. The van der Waals surface area contributed by atoms with Crippen LogP contribution in [-0.4, -0.2) is 27.7 Å². The fourth-order valence-corrected chi connectivity index (χ4v) is 3.75. The van der Waals surface area contributed by atoms with Gasteiger partial charge in [-0.25, -0.2) is 0 Å². The molecular formula is C18H30N2O2. The van der Waals surface area contributed by atoms with E-state index in [-0.39, 0.29) is 16.7 Å². The van der Waals surface area contributed by atoms with E-state index in [1.54, 1.807) is 0 Å². The standard InChI is InChI=1S/C18H30N2O2/c1-13-11-16(21)17(22)15(20(13)18(2,3)4)12-19(5)14-9-7-6-8-10-14/h11,14,22H,6-10,12H2,1-5H3. The van der Waals surface area contributed by atoms with E-state index in [1.165, 1.54) is 38.2 Å². The van der Waals surface area contributed by atoms with Crippen molar-refractivity contribution >= 4 is 0 Å². The lowest BCUT2D eigenvalue weighted by Crippen LogP contribution is -2.37. The van der Waals surface area contributed by atoms with E-state index in [2.05, 4.69) is 37.3 Å². The summed E-state index contributed by atoms with van der Waals surface area (Å²) in [6, 6.07) is 2.09. The number of pyridine rings is 1. The minimum atomic E-state index is -0.273. The smallest absolute Gasteiger partial charge is 0.223 e. The summed E-state index contributed by atoms with van der Waals surface area (Å²) in [7, 11) is 2.11. The van der Waals surface area contributed by atoms with Crippen molar-refractivity contribution in [1.82, 2.24) is 9.47 Å². The van der Waals surface area contributed by atoms with Crippen LogP contribution >= 0.6 is 0 Å². The summed E-state index contributed by atoms with van der Waals surface area (Å²) in [4.78, 5) is 14.3. The van der Waals surface area contributed by atoms with Gasteiger partial charge in [-0.2, -0.15) is 0 Å². The molecule has 2 rings (SSSR count). The van der Waals surface area contributed by atoms with Crippen molar-refractivity contribution in [3.63, 3.8) is 0 Å². The molecule has 1 heterocycles. The van der Waals surface area contributed by atoms with E-state index in [1.807, 2.05) is 6.92 Å². The molecule has 124 valence electrons. The summed E-state index contributed by atoms with van der Waals surface area (Å²) in [5.41, 5.74) is 1.20. The number of rotatable bonds is 3. The zero-order valence-corrected chi connectivity index (χ0v) is 14.6. The van der Waals surface area contributed by atoms with Crippen molar-refractivity contribution < 1.29 is 5.11 Å². The van der Waals surface area contributed by atoms with E-state index in [9.17, 15) is 9.90 Å². The fraction of sp³-hybridized carbons (Fsp3) is 0.722. The van der Waals surface area contributed by atoms with Crippen molar-refractivity contribution in [2.24, 2.45) is 0 Å². The molecule has 22 heavy (non-hydrogen) atoms. The van der Waals surface area contributed by atoms with Crippen LogP contribution in [0.1, 0.15) is 64.3 Å². The van der Waals surface area contributed by atoms with Crippen molar-refractivity contribution in [3.05, 3.63) is 27.7 Å². The van der Waals surface area contributed by atoms with E-state index in [0.717, 1.165) is 11.4 Å². The molecule has 1 aliphatic carbocycles. The molecule has 0 radical (unpaired) electrons. The van der Waals surface area contributed by atoms with Crippen molar-refractivity contribution in [3.8, 4) is 5.75 Å². The largest absolute Gasteiger partial charge is 0.503 e. The zero-order valence-electron chi connectivity index (χ0n) is 14.6. The highest BCUT2D eigenvalue weighted by atomic mass is 16.3. The van der Waals surface area contributed by atoms with Gasteiger partial charge in [-0.3, -0.25) is 9.69 Å². The number of hydrogen-bond acceptors (Lipinski definition) is 3. The van der Waals surface area contributed by atoms with Gasteiger partial charge in [0.2, 0.25) is 5.43 Å². The summed E-state index contributed by atoms with van der Waals surface area (Å²) in [5.74, 6) is -0.0943. The van der Waals surface area contributed by atoms with Crippen molar-refractivity contribution in [1.29, 1.82) is 0 Å². The van der Waals surface area contributed by atoms with Gasteiger partial charge in [-0.1, -0.05) is 19.3 Å². The lowest BCUT2D eigenvalue weighted by atomic mass is 9.94. The van der Waals surface area contributed by atoms with Gasteiger partial charge in [0, 0.05) is 29.9 Å². The molecule has 1 aromatic heterocycles. The first kappa shape index (κ1) is 17.1. The zero-order chi connectivity index (χ0) is 16.5. The summed E-state index contributed by atoms with van der Waals surface area (Å²) >= 11 is 0. The second-order valence-corrected chi connectivity index (χ2v) is 7.66. The van der Waals surface area contributed by atoms with Gasteiger partial charge < -0.3 is 9.67 Å². The molecule has 0 unspecified atom stereocenters. The predicted octanol–water partition coefficient (Wildman–Crippen LogP) is 3.38. The molecule has 4 nitrogen and oxygen atoms in total. The quantitative estimate of drug-likeness (QED) is 0.931. The minimum Gasteiger partial charge on any atom is -0.503 e. The van der Waals surface area contributed by atoms with Crippen LogP contribution in [-0.2, 0) is 12.1 Å². The highest BCUT2D eigenvalue weighted by Gasteiger charge is 2.25. The summed E-state index contributed by atoms with van der Waals surface area (Å²) in [6.07, 6.45) is 6.31. The Balaban J connectivity index is 2.38. The maximum atomic E-state index is 12.0. The van der Waals surface area contributed by atoms with Crippen LogP contribution in [0.25, 0.3) is 0 Å². The number of aromatic nitrogens is 1. The Kier molecular flexibility index (Phi) is 5.00. The van der Waals surface area contributed by atoms with Crippen LogP contribution in [0.4, 0.5) is 0 Å². The molecule has 0 spiro atoms. The highest BCUT2D eigenvalue weighted by Crippen LogP contribution is 2.28. The first-order chi connectivity index (χ1) is 10.2. The molecule has 4 heteroatoms. The van der Waals surface area contributed by atoms with Gasteiger partial charge in [0.25, 0.3) is 0 Å². The Morgan fingerprint density at radius 1 is 1.27 bits per heavy atom. The first-order valence-corrected chi connectivity index (χ1v) is 8.37. The average Bonchev–Trinajstić information content (AvgIpc) is 2.43. The Labute approximate surface area is 133 Å². The maximum Gasteiger partial charge on any atom is 0.223 e. The van der Waals surface area contributed by atoms with Gasteiger partial charge in [-0.05, 0) is 47.6 Å². The maximum absolute atomic E-state index is 12.0. The summed E-state index contributed by atoms with van der Waals surface area (Å²) in [5, 5.41) is 10.4. The third-order valence-corrected chi connectivity index (χ3v) is 4.74. The molecular weight excluding hydrogens is 276 g/mol. The van der Waals surface area contributed by atoms with Crippen LogP contribution in [0.15, 0.2) is 10.9 Å². The number of aromatic hydroxyl groups is 1. The Morgan fingerprint density at radius 3 is 2.41 bits per heavy atom. The molecule has 0 aliphatic heterocycles.